The van der Waals surface area contributed by atoms with Gasteiger partial charge in [0.25, 0.3) is 0 Å². The van der Waals surface area contributed by atoms with Gasteiger partial charge in [-0.1, -0.05) is 24.3 Å². The summed E-state index contributed by atoms with van der Waals surface area (Å²) in [5.41, 5.74) is 2.25. The highest BCUT2D eigenvalue weighted by Gasteiger charge is 2.19. The number of likely N-dealkylation sites (tertiary alicyclic amines) is 1. The molecule has 0 aliphatic carbocycles. The van der Waals surface area contributed by atoms with Crippen molar-refractivity contribution in [2.45, 2.75) is 32.0 Å². The van der Waals surface area contributed by atoms with E-state index in [0.29, 0.717) is 25.7 Å². The Morgan fingerprint density at radius 2 is 2.05 bits per heavy atom. The number of methoxy groups -OCH3 is 1. The molecule has 1 atom stereocenters. The molecule has 1 aliphatic heterocycles. The van der Waals surface area contributed by atoms with Gasteiger partial charge in [-0.2, -0.15) is 0 Å². The second-order valence-corrected chi connectivity index (χ2v) is 5.89. The normalized spacial score (nSPS) is 19.1. The number of carbonyl (C=O) groups is 1. The zero-order chi connectivity index (χ0) is 15.8. The summed E-state index contributed by atoms with van der Waals surface area (Å²) in [5.74, 6) is 0.0951. The molecule has 0 radical (unpaired) electrons. The van der Waals surface area contributed by atoms with E-state index in [2.05, 4.69) is 15.5 Å². The molecule has 1 heterocycles. The molecule has 1 amide bonds. The zero-order valence-corrected chi connectivity index (χ0v) is 13.6. The molecule has 1 unspecified atom stereocenters. The summed E-state index contributed by atoms with van der Waals surface area (Å²) in [6.07, 6.45) is 2.35. The van der Waals surface area contributed by atoms with E-state index in [1.165, 1.54) is 6.42 Å². The van der Waals surface area contributed by atoms with Crippen LogP contribution in [0.25, 0.3) is 0 Å². The molecule has 122 valence electrons. The molecule has 5 nitrogen and oxygen atoms in total. The minimum atomic E-state index is 0.0951. The molecular formula is C17H27N3O2. The second-order valence-electron chi connectivity index (χ2n) is 5.89. The topological polar surface area (TPSA) is 53.6 Å². The van der Waals surface area contributed by atoms with Gasteiger partial charge in [-0.15, -0.1) is 0 Å². The summed E-state index contributed by atoms with van der Waals surface area (Å²) in [5, 5.41) is 6.30. The van der Waals surface area contributed by atoms with Gasteiger partial charge < -0.3 is 15.4 Å². The van der Waals surface area contributed by atoms with Crippen LogP contribution in [0.5, 0.6) is 0 Å². The quantitative estimate of drug-likeness (QED) is 0.793. The molecule has 5 heteroatoms. The lowest BCUT2D eigenvalue weighted by Gasteiger charge is -2.31. The van der Waals surface area contributed by atoms with Crippen molar-refractivity contribution in [3.8, 4) is 0 Å². The van der Waals surface area contributed by atoms with Gasteiger partial charge in [0, 0.05) is 26.2 Å². The first-order chi connectivity index (χ1) is 10.7. The SMILES string of the molecule is CNC1CCCN(CC(=O)NCc2ccc(COC)cc2)C1. The van der Waals surface area contributed by atoms with Crippen LogP contribution < -0.4 is 10.6 Å². The maximum atomic E-state index is 12.1. The van der Waals surface area contributed by atoms with Gasteiger partial charge in [0.1, 0.15) is 0 Å². The van der Waals surface area contributed by atoms with Crippen LogP contribution in [-0.2, 0) is 22.7 Å². The summed E-state index contributed by atoms with van der Waals surface area (Å²) in [6.45, 7) is 3.65. The molecule has 0 saturated carbocycles. The predicted molar refractivity (Wildman–Crippen MR) is 87.5 cm³/mol. The number of piperidine rings is 1. The summed E-state index contributed by atoms with van der Waals surface area (Å²) in [4.78, 5) is 14.3. The molecule has 22 heavy (non-hydrogen) atoms. The molecule has 2 N–H and O–H groups in total. The Morgan fingerprint density at radius 3 is 2.73 bits per heavy atom. The fraction of sp³-hybridized carbons (Fsp3) is 0.588. The van der Waals surface area contributed by atoms with E-state index in [1.807, 2.05) is 31.3 Å². The van der Waals surface area contributed by atoms with Crippen molar-refractivity contribution in [1.29, 1.82) is 0 Å². The Morgan fingerprint density at radius 1 is 1.32 bits per heavy atom. The molecule has 1 aliphatic rings. The Balaban J connectivity index is 1.73. The second kappa shape index (κ2) is 8.88. The van der Waals surface area contributed by atoms with Crippen molar-refractivity contribution >= 4 is 5.91 Å². The summed E-state index contributed by atoms with van der Waals surface area (Å²) < 4.78 is 5.09. The first-order valence-electron chi connectivity index (χ1n) is 7.94. The summed E-state index contributed by atoms with van der Waals surface area (Å²) >= 11 is 0. The van der Waals surface area contributed by atoms with Crippen LogP contribution in [0.15, 0.2) is 24.3 Å². The van der Waals surface area contributed by atoms with Gasteiger partial charge in [0.15, 0.2) is 0 Å². The fourth-order valence-corrected chi connectivity index (χ4v) is 2.81. The number of nitrogens with zero attached hydrogens (tertiary/aromatic N) is 1. The minimum absolute atomic E-state index is 0.0951. The Hall–Kier alpha value is -1.43. The summed E-state index contributed by atoms with van der Waals surface area (Å²) in [6, 6.07) is 8.65. The smallest absolute Gasteiger partial charge is 0.234 e. The Kier molecular flexibility index (Phi) is 6.83. The van der Waals surface area contributed by atoms with E-state index in [4.69, 9.17) is 4.74 Å². The number of nitrogens with one attached hydrogen (secondary N) is 2. The lowest BCUT2D eigenvalue weighted by Crippen LogP contribution is -2.47. The first kappa shape index (κ1) is 16.9. The van der Waals surface area contributed by atoms with Gasteiger partial charge in [0.05, 0.1) is 13.2 Å². The van der Waals surface area contributed by atoms with Crippen molar-refractivity contribution < 1.29 is 9.53 Å². The van der Waals surface area contributed by atoms with Gasteiger partial charge in [-0.05, 0) is 37.6 Å². The molecular weight excluding hydrogens is 278 g/mol. The lowest BCUT2D eigenvalue weighted by atomic mass is 10.1. The van der Waals surface area contributed by atoms with E-state index in [0.717, 1.165) is 30.6 Å². The predicted octanol–water partition coefficient (Wildman–Crippen LogP) is 1.13. The number of hydrogen-bond donors (Lipinski definition) is 2. The molecule has 1 fully saturated rings. The van der Waals surface area contributed by atoms with E-state index >= 15 is 0 Å². The van der Waals surface area contributed by atoms with Crippen LogP contribution >= 0.6 is 0 Å². The van der Waals surface area contributed by atoms with Crippen LogP contribution in [0, 0.1) is 0 Å². The zero-order valence-electron chi connectivity index (χ0n) is 13.6. The monoisotopic (exact) mass is 305 g/mol. The van der Waals surface area contributed by atoms with Gasteiger partial charge in [0.2, 0.25) is 5.91 Å². The molecule has 0 bridgehead atoms. The van der Waals surface area contributed by atoms with Crippen molar-refractivity contribution in [3.05, 3.63) is 35.4 Å². The maximum absolute atomic E-state index is 12.1. The maximum Gasteiger partial charge on any atom is 0.234 e. The molecule has 2 rings (SSSR count). The molecule has 0 aromatic heterocycles. The third-order valence-corrected chi connectivity index (χ3v) is 4.10. The van der Waals surface area contributed by atoms with E-state index < -0.39 is 0 Å². The molecule has 1 aromatic rings. The van der Waals surface area contributed by atoms with Gasteiger partial charge in [-0.3, -0.25) is 9.69 Å². The third kappa shape index (κ3) is 5.40. The largest absolute Gasteiger partial charge is 0.380 e. The van der Waals surface area contributed by atoms with Crippen LogP contribution in [0.2, 0.25) is 0 Å². The van der Waals surface area contributed by atoms with E-state index in [-0.39, 0.29) is 5.91 Å². The van der Waals surface area contributed by atoms with Crippen LogP contribution in [0.4, 0.5) is 0 Å². The average Bonchev–Trinajstić information content (AvgIpc) is 2.55. The Bertz CT molecular complexity index is 461. The van der Waals surface area contributed by atoms with E-state index in [1.54, 1.807) is 7.11 Å². The van der Waals surface area contributed by atoms with Crippen LogP contribution in [0.1, 0.15) is 24.0 Å². The number of carbonyl (C=O) groups excluding carboxylic acids is 1. The lowest BCUT2D eigenvalue weighted by molar-refractivity contribution is -0.122. The number of amides is 1. The highest BCUT2D eigenvalue weighted by molar-refractivity contribution is 5.78. The number of benzene rings is 1. The van der Waals surface area contributed by atoms with Crippen LogP contribution in [0.3, 0.4) is 0 Å². The highest BCUT2D eigenvalue weighted by Crippen LogP contribution is 2.09. The number of ether oxygens (including phenoxy) is 1. The number of hydrogen-bond acceptors (Lipinski definition) is 4. The van der Waals surface area contributed by atoms with Gasteiger partial charge in [-0.25, -0.2) is 0 Å². The molecule has 1 saturated heterocycles. The van der Waals surface area contributed by atoms with E-state index in [9.17, 15) is 4.79 Å². The number of likely N-dealkylation sites (N-methyl/N-ethyl adjacent to an activating group) is 1. The van der Waals surface area contributed by atoms with Crippen LogP contribution in [-0.4, -0.2) is 50.6 Å². The summed E-state index contributed by atoms with van der Waals surface area (Å²) in [7, 11) is 3.68. The number of rotatable bonds is 7. The first-order valence-corrected chi connectivity index (χ1v) is 7.94. The van der Waals surface area contributed by atoms with Crippen molar-refractivity contribution in [2.75, 3.05) is 33.8 Å². The van der Waals surface area contributed by atoms with Crippen molar-refractivity contribution in [2.24, 2.45) is 0 Å². The fourth-order valence-electron chi connectivity index (χ4n) is 2.81. The average molecular weight is 305 g/mol. The standard InChI is InChI=1S/C17H27N3O2/c1-18-16-4-3-9-20(11-16)12-17(21)19-10-14-5-7-15(8-6-14)13-22-2/h5-8,16,18H,3-4,9-13H2,1-2H3,(H,19,21). The molecule has 0 spiro atoms. The third-order valence-electron chi connectivity index (χ3n) is 4.10. The Labute approximate surface area is 133 Å². The molecule has 1 aromatic carbocycles. The minimum Gasteiger partial charge on any atom is -0.380 e. The van der Waals surface area contributed by atoms with Gasteiger partial charge >= 0.3 is 0 Å². The highest BCUT2D eigenvalue weighted by atomic mass is 16.5. The van der Waals surface area contributed by atoms with Crippen molar-refractivity contribution in [1.82, 2.24) is 15.5 Å². The van der Waals surface area contributed by atoms with Crippen molar-refractivity contribution in [3.63, 3.8) is 0 Å².